The maximum Gasteiger partial charge on any atom is 0.248 e. The predicted molar refractivity (Wildman–Crippen MR) is 74.1 cm³/mol. The summed E-state index contributed by atoms with van der Waals surface area (Å²) in [5.41, 5.74) is 0.416. The van der Waals surface area contributed by atoms with Crippen molar-refractivity contribution in [3.05, 3.63) is 40.7 Å². The van der Waals surface area contributed by atoms with E-state index in [-0.39, 0.29) is 10.5 Å². The monoisotopic (exact) mass is 294 g/mol. The molecule has 0 amide bonds. The standard InChI is InChI=1S/C13H14N2O4S/c16-13-4-1-10-9-11(2-3-12(10)14-13)20(17,18)15-5-7-19-8-6-15/h1-4,9H,5-8H2,(H,14,16). The summed E-state index contributed by atoms with van der Waals surface area (Å²) in [5.74, 6) is 0. The van der Waals surface area contributed by atoms with E-state index in [0.717, 1.165) is 0 Å². The summed E-state index contributed by atoms with van der Waals surface area (Å²) in [6.07, 6.45) is 0. The Kier molecular flexibility index (Phi) is 3.33. The molecule has 0 unspecified atom stereocenters. The number of aromatic nitrogens is 1. The molecule has 3 rings (SSSR count). The van der Waals surface area contributed by atoms with E-state index in [1.165, 1.54) is 16.4 Å². The first kappa shape index (κ1) is 13.3. The highest BCUT2D eigenvalue weighted by Crippen LogP contribution is 2.20. The highest BCUT2D eigenvalue weighted by molar-refractivity contribution is 7.89. The molecule has 0 spiro atoms. The van der Waals surface area contributed by atoms with E-state index in [9.17, 15) is 13.2 Å². The zero-order valence-corrected chi connectivity index (χ0v) is 11.5. The molecule has 20 heavy (non-hydrogen) atoms. The largest absolute Gasteiger partial charge is 0.379 e. The van der Waals surface area contributed by atoms with E-state index in [1.807, 2.05) is 0 Å². The quantitative estimate of drug-likeness (QED) is 0.877. The van der Waals surface area contributed by atoms with Crippen LogP contribution in [0, 0.1) is 0 Å². The van der Waals surface area contributed by atoms with Crippen LogP contribution in [-0.2, 0) is 14.8 Å². The number of hydrogen-bond acceptors (Lipinski definition) is 4. The number of morpholine rings is 1. The average molecular weight is 294 g/mol. The van der Waals surface area contributed by atoms with E-state index >= 15 is 0 Å². The van der Waals surface area contributed by atoms with Gasteiger partial charge in [0.1, 0.15) is 0 Å². The molecule has 2 aromatic rings. The molecule has 106 valence electrons. The summed E-state index contributed by atoms with van der Waals surface area (Å²) < 4.78 is 31.6. The Morgan fingerprint density at radius 3 is 2.60 bits per heavy atom. The van der Waals surface area contributed by atoms with Crippen LogP contribution in [0.15, 0.2) is 40.0 Å². The van der Waals surface area contributed by atoms with Crippen LogP contribution < -0.4 is 5.56 Å². The van der Waals surface area contributed by atoms with Crippen molar-refractivity contribution in [1.29, 1.82) is 0 Å². The van der Waals surface area contributed by atoms with E-state index < -0.39 is 10.0 Å². The molecule has 0 aliphatic carbocycles. The second-order valence-electron chi connectivity index (χ2n) is 4.59. The lowest BCUT2D eigenvalue weighted by molar-refractivity contribution is 0.0730. The van der Waals surface area contributed by atoms with Gasteiger partial charge in [0.15, 0.2) is 0 Å². The molecule has 2 heterocycles. The number of aromatic amines is 1. The Morgan fingerprint density at radius 1 is 1.10 bits per heavy atom. The van der Waals surface area contributed by atoms with Crippen LogP contribution in [0.25, 0.3) is 10.9 Å². The van der Waals surface area contributed by atoms with Gasteiger partial charge < -0.3 is 9.72 Å². The second-order valence-corrected chi connectivity index (χ2v) is 6.53. The van der Waals surface area contributed by atoms with Gasteiger partial charge in [-0.2, -0.15) is 4.31 Å². The van der Waals surface area contributed by atoms with Crippen LogP contribution in [0.3, 0.4) is 0 Å². The van der Waals surface area contributed by atoms with E-state index in [2.05, 4.69) is 4.98 Å². The van der Waals surface area contributed by atoms with Crippen LogP contribution in [0.2, 0.25) is 0 Å². The van der Waals surface area contributed by atoms with Crippen LogP contribution >= 0.6 is 0 Å². The molecule has 1 aliphatic rings. The molecule has 0 radical (unpaired) electrons. The van der Waals surface area contributed by atoms with Gasteiger partial charge in [-0.25, -0.2) is 8.42 Å². The minimum absolute atomic E-state index is 0.207. The molecule has 0 atom stereocenters. The molecule has 7 heteroatoms. The van der Waals surface area contributed by atoms with Crippen molar-refractivity contribution in [3.63, 3.8) is 0 Å². The van der Waals surface area contributed by atoms with Crippen molar-refractivity contribution < 1.29 is 13.2 Å². The predicted octanol–water partition coefficient (Wildman–Crippen LogP) is 0.549. The molecule has 1 saturated heterocycles. The number of pyridine rings is 1. The Balaban J connectivity index is 2.04. The number of rotatable bonds is 2. The molecule has 1 aliphatic heterocycles. The van der Waals surface area contributed by atoms with Gasteiger partial charge in [-0.05, 0) is 29.7 Å². The van der Waals surface area contributed by atoms with Crippen LogP contribution in [0.5, 0.6) is 0 Å². The molecule has 0 saturated carbocycles. The van der Waals surface area contributed by atoms with Crippen LogP contribution in [0.4, 0.5) is 0 Å². The molecule has 1 fully saturated rings. The van der Waals surface area contributed by atoms with Gasteiger partial charge in [-0.1, -0.05) is 0 Å². The SMILES string of the molecule is O=c1ccc2cc(S(=O)(=O)N3CCOCC3)ccc2[nH]1. The number of ether oxygens (including phenoxy) is 1. The first-order valence-corrected chi connectivity index (χ1v) is 7.72. The lowest BCUT2D eigenvalue weighted by Gasteiger charge is -2.26. The first-order chi connectivity index (χ1) is 9.57. The number of nitrogens with one attached hydrogen (secondary N) is 1. The second kappa shape index (κ2) is 5.01. The van der Waals surface area contributed by atoms with Crippen molar-refractivity contribution in [1.82, 2.24) is 9.29 Å². The number of hydrogen-bond donors (Lipinski definition) is 1. The Labute approximate surface area is 116 Å². The fourth-order valence-electron chi connectivity index (χ4n) is 2.23. The molecule has 1 aromatic carbocycles. The van der Waals surface area contributed by atoms with Crippen molar-refractivity contribution in [2.75, 3.05) is 26.3 Å². The third-order valence-corrected chi connectivity index (χ3v) is 5.20. The summed E-state index contributed by atoms with van der Waals surface area (Å²) in [5, 5.41) is 0.693. The maximum atomic E-state index is 12.5. The number of sulfonamides is 1. The zero-order valence-electron chi connectivity index (χ0n) is 10.7. The number of fused-ring (bicyclic) bond motifs is 1. The Bertz CT molecular complexity index is 791. The minimum atomic E-state index is -3.50. The summed E-state index contributed by atoms with van der Waals surface area (Å²) in [4.78, 5) is 14.1. The fraction of sp³-hybridized carbons (Fsp3) is 0.308. The number of benzene rings is 1. The molecule has 1 N–H and O–H groups in total. The average Bonchev–Trinajstić information content (AvgIpc) is 2.47. The van der Waals surface area contributed by atoms with Crippen molar-refractivity contribution in [3.8, 4) is 0 Å². The summed E-state index contributed by atoms with van der Waals surface area (Å²) in [6.45, 7) is 1.57. The number of nitrogens with zero attached hydrogens (tertiary/aromatic N) is 1. The van der Waals surface area contributed by atoms with Gasteiger partial charge in [0.2, 0.25) is 15.6 Å². The topological polar surface area (TPSA) is 79.5 Å². The number of H-pyrrole nitrogens is 1. The Morgan fingerprint density at radius 2 is 1.85 bits per heavy atom. The molecule has 1 aromatic heterocycles. The summed E-state index contributed by atoms with van der Waals surface area (Å²) in [7, 11) is -3.50. The van der Waals surface area contributed by atoms with E-state index in [1.54, 1.807) is 18.2 Å². The van der Waals surface area contributed by atoms with Crippen molar-refractivity contribution in [2.24, 2.45) is 0 Å². The van der Waals surface area contributed by atoms with Gasteiger partial charge in [-0.15, -0.1) is 0 Å². The highest BCUT2D eigenvalue weighted by atomic mass is 32.2. The van der Waals surface area contributed by atoms with Gasteiger partial charge in [0, 0.05) is 24.7 Å². The fourth-order valence-corrected chi connectivity index (χ4v) is 3.67. The maximum absolute atomic E-state index is 12.5. The molecule has 0 bridgehead atoms. The van der Waals surface area contributed by atoms with Crippen LogP contribution in [0.1, 0.15) is 0 Å². The lowest BCUT2D eigenvalue weighted by Crippen LogP contribution is -2.40. The van der Waals surface area contributed by atoms with Gasteiger partial charge in [-0.3, -0.25) is 4.79 Å². The van der Waals surface area contributed by atoms with Gasteiger partial charge in [0.25, 0.3) is 0 Å². The van der Waals surface area contributed by atoms with Crippen molar-refractivity contribution >= 4 is 20.9 Å². The molecular weight excluding hydrogens is 280 g/mol. The Hall–Kier alpha value is -1.70. The van der Waals surface area contributed by atoms with Gasteiger partial charge in [0.05, 0.1) is 18.1 Å². The van der Waals surface area contributed by atoms with E-state index in [0.29, 0.717) is 37.2 Å². The third-order valence-electron chi connectivity index (χ3n) is 3.30. The lowest BCUT2D eigenvalue weighted by atomic mass is 10.2. The summed E-state index contributed by atoms with van der Waals surface area (Å²) in [6, 6.07) is 7.71. The first-order valence-electron chi connectivity index (χ1n) is 6.28. The summed E-state index contributed by atoms with van der Waals surface area (Å²) >= 11 is 0. The van der Waals surface area contributed by atoms with Crippen molar-refractivity contribution in [2.45, 2.75) is 4.90 Å². The normalized spacial score (nSPS) is 17.4. The minimum Gasteiger partial charge on any atom is -0.379 e. The van der Waals surface area contributed by atoms with Crippen LogP contribution in [-0.4, -0.2) is 44.0 Å². The zero-order chi connectivity index (χ0) is 14.2. The third kappa shape index (κ3) is 2.35. The highest BCUT2D eigenvalue weighted by Gasteiger charge is 2.26. The molecule has 6 nitrogen and oxygen atoms in total. The molecular formula is C13H14N2O4S. The van der Waals surface area contributed by atoms with E-state index in [4.69, 9.17) is 4.74 Å². The van der Waals surface area contributed by atoms with Gasteiger partial charge >= 0.3 is 0 Å². The smallest absolute Gasteiger partial charge is 0.248 e.